The van der Waals surface area contributed by atoms with E-state index in [-0.39, 0.29) is 29.9 Å². The average Bonchev–Trinajstić information content (AvgIpc) is 3.26. The van der Waals surface area contributed by atoms with Gasteiger partial charge in [-0.3, -0.25) is 19.4 Å². The van der Waals surface area contributed by atoms with Gasteiger partial charge in [0.25, 0.3) is 5.91 Å². The minimum Gasteiger partial charge on any atom is -0.486 e. The van der Waals surface area contributed by atoms with E-state index in [1.54, 1.807) is 4.90 Å². The van der Waals surface area contributed by atoms with Crippen molar-refractivity contribution in [2.75, 3.05) is 26.2 Å². The smallest absolute Gasteiger partial charge is 0.257 e. The van der Waals surface area contributed by atoms with Gasteiger partial charge in [0.15, 0.2) is 11.5 Å². The van der Waals surface area contributed by atoms with Gasteiger partial charge < -0.3 is 9.47 Å². The zero-order valence-corrected chi connectivity index (χ0v) is 15.3. The lowest BCUT2D eigenvalue weighted by atomic mass is 10.0. The molecule has 1 aromatic carbocycles. The molecule has 0 N–H and O–H groups in total. The van der Waals surface area contributed by atoms with E-state index in [1.807, 2.05) is 30.3 Å². The largest absolute Gasteiger partial charge is 0.486 e. The molecule has 1 aliphatic carbocycles. The van der Waals surface area contributed by atoms with Crippen molar-refractivity contribution in [3.63, 3.8) is 0 Å². The number of benzene rings is 1. The quantitative estimate of drug-likeness (QED) is 0.764. The lowest BCUT2D eigenvalue weighted by Crippen LogP contribution is -2.53. The summed E-state index contributed by atoms with van der Waals surface area (Å²) in [6.07, 6.45) is 5.43. The van der Waals surface area contributed by atoms with Crippen LogP contribution in [0.2, 0.25) is 0 Å². The number of allylic oxidation sites excluding steroid dienone is 1. The SMILES string of the molecule is O=C1C2=CCCC2C(=O)N1C1CCCN(CC2COc3ccccc3O2)C1. The first kappa shape index (κ1) is 16.8. The molecule has 0 aromatic heterocycles. The number of carbonyl (C=O) groups is 2. The lowest BCUT2D eigenvalue weighted by Gasteiger charge is -2.38. The van der Waals surface area contributed by atoms with E-state index in [2.05, 4.69) is 4.90 Å². The molecule has 4 aliphatic rings. The Morgan fingerprint density at radius 3 is 2.81 bits per heavy atom. The summed E-state index contributed by atoms with van der Waals surface area (Å²) in [5.74, 6) is 1.35. The summed E-state index contributed by atoms with van der Waals surface area (Å²) in [5, 5.41) is 0. The maximum atomic E-state index is 12.7. The summed E-state index contributed by atoms with van der Waals surface area (Å²) in [5.41, 5.74) is 0.734. The predicted molar refractivity (Wildman–Crippen MR) is 98.5 cm³/mol. The number of amides is 2. The second-order valence-corrected chi connectivity index (χ2v) is 7.86. The van der Waals surface area contributed by atoms with E-state index >= 15 is 0 Å². The highest BCUT2D eigenvalue weighted by molar-refractivity contribution is 6.15. The first-order chi connectivity index (χ1) is 13.2. The number of para-hydroxylation sites is 2. The van der Waals surface area contributed by atoms with Gasteiger partial charge in [-0.25, -0.2) is 0 Å². The number of imide groups is 1. The van der Waals surface area contributed by atoms with E-state index in [9.17, 15) is 9.59 Å². The van der Waals surface area contributed by atoms with E-state index in [0.717, 1.165) is 62.4 Å². The van der Waals surface area contributed by atoms with Crippen LogP contribution in [-0.4, -0.2) is 60.0 Å². The zero-order valence-electron chi connectivity index (χ0n) is 15.3. The maximum Gasteiger partial charge on any atom is 0.257 e. The van der Waals surface area contributed by atoms with E-state index in [1.165, 1.54) is 0 Å². The molecule has 6 nitrogen and oxygen atoms in total. The molecule has 6 heteroatoms. The van der Waals surface area contributed by atoms with Crippen molar-refractivity contribution >= 4 is 11.8 Å². The van der Waals surface area contributed by atoms with Crippen LogP contribution in [0.1, 0.15) is 25.7 Å². The Bertz CT molecular complexity index is 805. The van der Waals surface area contributed by atoms with Crippen molar-refractivity contribution in [3.8, 4) is 11.5 Å². The lowest BCUT2D eigenvalue weighted by molar-refractivity contribution is -0.143. The number of ether oxygens (including phenoxy) is 2. The number of rotatable bonds is 3. The molecule has 2 amide bonds. The van der Waals surface area contributed by atoms with Crippen LogP contribution in [-0.2, 0) is 9.59 Å². The Balaban J connectivity index is 1.24. The third kappa shape index (κ3) is 2.92. The molecule has 0 bridgehead atoms. The highest BCUT2D eigenvalue weighted by Gasteiger charge is 2.48. The summed E-state index contributed by atoms with van der Waals surface area (Å²) < 4.78 is 11.9. The normalized spacial score (nSPS) is 30.4. The summed E-state index contributed by atoms with van der Waals surface area (Å²) in [6.45, 7) is 2.95. The molecular weight excluding hydrogens is 344 g/mol. The molecule has 142 valence electrons. The third-order valence-electron chi connectivity index (χ3n) is 6.07. The minimum atomic E-state index is -0.181. The number of carbonyl (C=O) groups excluding carboxylic acids is 2. The molecule has 2 saturated heterocycles. The van der Waals surface area contributed by atoms with Gasteiger partial charge in [0.05, 0.1) is 12.0 Å². The molecule has 3 aliphatic heterocycles. The fourth-order valence-corrected chi connectivity index (χ4v) is 4.80. The molecule has 2 fully saturated rings. The second kappa shape index (κ2) is 6.68. The van der Waals surface area contributed by atoms with Crippen molar-refractivity contribution in [1.29, 1.82) is 0 Å². The van der Waals surface area contributed by atoms with Gasteiger partial charge in [0.2, 0.25) is 5.91 Å². The van der Waals surface area contributed by atoms with Gasteiger partial charge in [-0.05, 0) is 44.4 Å². The van der Waals surface area contributed by atoms with Gasteiger partial charge in [-0.2, -0.15) is 0 Å². The van der Waals surface area contributed by atoms with Crippen molar-refractivity contribution in [2.45, 2.75) is 37.8 Å². The number of hydrogen-bond donors (Lipinski definition) is 0. The van der Waals surface area contributed by atoms with Crippen LogP contribution in [0.4, 0.5) is 0 Å². The van der Waals surface area contributed by atoms with Gasteiger partial charge in [-0.15, -0.1) is 0 Å². The van der Waals surface area contributed by atoms with Crippen LogP contribution < -0.4 is 9.47 Å². The Morgan fingerprint density at radius 1 is 1.11 bits per heavy atom. The number of nitrogens with zero attached hydrogens (tertiary/aromatic N) is 2. The zero-order chi connectivity index (χ0) is 18.4. The van der Waals surface area contributed by atoms with Crippen LogP contribution in [0, 0.1) is 5.92 Å². The van der Waals surface area contributed by atoms with Gasteiger partial charge >= 0.3 is 0 Å². The number of likely N-dealkylation sites (tertiary alicyclic amines) is 2. The molecule has 27 heavy (non-hydrogen) atoms. The fraction of sp³-hybridized carbons (Fsp3) is 0.524. The molecule has 0 spiro atoms. The van der Waals surface area contributed by atoms with Crippen LogP contribution in [0.5, 0.6) is 11.5 Å². The fourth-order valence-electron chi connectivity index (χ4n) is 4.80. The monoisotopic (exact) mass is 368 g/mol. The highest BCUT2D eigenvalue weighted by Crippen LogP contribution is 2.37. The molecule has 3 atom stereocenters. The first-order valence-electron chi connectivity index (χ1n) is 9.89. The Hall–Kier alpha value is -2.34. The topological polar surface area (TPSA) is 59.1 Å². The van der Waals surface area contributed by atoms with Gasteiger partial charge in [-0.1, -0.05) is 18.2 Å². The summed E-state index contributed by atoms with van der Waals surface area (Å²) >= 11 is 0. The number of piperidine rings is 1. The number of hydrogen-bond acceptors (Lipinski definition) is 5. The average molecular weight is 368 g/mol. The summed E-state index contributed by atoms with van der Waals surface area (Å²) in [7, 11) is 0. The second-order valence-electron chi connectivity index (χ2n) is 7.86. The molecule has 0 radical (unpaired) electrons. The van der Waals surface area contributed by atoms with Crippen molar-refractivity contribution in [2.24, 2.45) is 5.92 Å². The van der Waals surface area contributed by atoms with E-state index in [4.69, 9.17) is 9.47 Å². The van der Waals surface area contributed by atoms with Crippen LogP contribution >= 0.6 is 0 Å². The van der Waals surface area contributed by atoms with Crippen LogP contribution in [0.25, 0.3) is 0 Å². The Kier molecular flexibility index (Phi) is 4.16. The summed E-state index contributed by atoms with van der Waals surface area (Å²) in [4.78, 5) is 29.3. The van der Waals surface area contributed by atoms with Crippen molar-refractivity contribution < 1.29 is 19.1 Å². The highest BCUT2D eigenvalue weighted by atomic mass is 16.6. The van der Waals surface area contributed by atoms with Crippen LogP contribution in [0.15, 0.2) is 35.9 Å². The molecule has 0 saturated carbocycles. The van der Waals surface area contributed by atoms with Crippen molar-refractivity contribution in [3.05, 3.63) is 35.9 Å². The molecule has 1 aromatic rings. The molecule has 3 unspecified atom stereocenters. The van der Waals surface area contributed by atoms with E-state index < -0.39 is 0 Å². The third-order valence-corrected chi connectivity index (χ3v) is 6.07. The standard InChI is InChI=1S/C21H24N2O4/c24-20-16-6-3-7-17(16)21(25)23(20)14-5-4-10-22(11-14)12-15-13-26-18-8-1-2-9-19(18)27-15/h1-2,6,8-9,14-15,17H,3-5,7,10-13H2. The summed E-state index contributed by atoms with van der Waals surface area (Å²) in [6, 6.07) is 7.69. The maximum absolute atomic E-state index is 12.7. The minimum absolute atomic E-state index is 0.0155. The van der Waals surface area contributed by atoms with Gasteiger partial charge in [0, 0.05) is 18.7 Å². The Morgan fingerprint density at radius 2 is 1.96 bits per heavy atom. The molecular formula is C21H24N2O4. The molecule has 5 rings (SSSR count). The van der Waals surface area contributed by atoms with E-state index in [0.29, 0.717) is 6.61 Å². The van der Waals surface area contributed by atoms with Crippen molar-refractivity contribution in [1.82, 2.24) is 9.80 Å². The molecule has 3 heterocycles. The predicted octanol–water partition coefficient (Wildman–Crippen LogP) is 2.00. The van der Waals surface area contributed by atoms with Crippen LogP contribution in [0.3, 0.4) is 0 Å². The Labute approximate surface area is 158 Å². The first-order valence-corrected chi connectivity index (χ1v) is 9.89. The number of fused-ring (bicyclic) bond motifs is 2. The van der Waals surface area contributed by atoms with Gasteiger partial charge in [0.1, 0.15) is 12.7 Å².